The van der Waals surface area contributed by atoms with Crippen molar-refractivity contribution in [3.8, 4) is 0 Å². The fourth-order valence-corrected chi connectivity index (χ4v) is 2.50. The molecule has 1 rings (SSSR count). The Bertz CT molecular complexity index is 468. The number of hydrogen-bond acceptors (Lipinski definition) is 4. The van der Waals surface area contributed by atoms with Gasteiger partial charge in [0.25, 0.3) is 14.2 Å². The Morgan fingerprint density at radius 2 is 2.00 bits per heavy atom. The Morgan fingerprint density at radius 3 is 2.47 bits per heavy atom. The van der Waals surface area contributed by atoms with Crippen LogP contribution < -0.4 is 0 Å². The van der Waals surface area contributed by atoms with Crippen LogP contribution in [-0.2, 0) is 22.0 Å². The van der Waals surface area contributed by atoms with E-state index < -0.39 is 9.05 Å². The Kier molecular flexibility index (Phi) is 4.94. The first-order valence-corrected chi connectivity index (χ1v) is 8.04. The minimum absolute atomic E-state index is 0.136. The highest BCUT2D eigenvalue weighted by Crippen LogP contribution is 2.17. The molecule has 0 aromatic carbocycles. The van der Waals surface area contributed by atoms with Crippen LogP contribution in [0.1, 0.15) is 39.4 Å². The molecule has 7 heteroatoms. The van der Waals surface area contributed by atoms with E-state index in [0.717, 1.165) is 12.8 Å². The van der Waals surface area contributed by atoms with Crippen LogP contribution in [0.4, 0.5) is 0 Å². The third kappa shape index (κ3) is 3.96. The van der Waals surface area contributed by atoms with Gasteiger partial charge in [0.2, 0.25) is 0 Å². The first-order valence-electron chi connectivity index (χ1n) is 5.73. The van der Waals surface area contributed by atoms with Crippen molar-refractivity contribution in [2.24, 2.45) is 5.92 Å². The summed E-state index contributed by atoms with van der Waals surface area (Å²) in [7, 11) is 1.52. The summed E-state index contributed by atoms with van der Waals surface area (Å²) in [6.45, 7) is 6.73. The highest BCUT2D eigenvalue weighted by molar-refractivity contribution is 8.13. The van der Waals surface area contributed by atoms with Gasteiger partial charge < -0.3 is 4.57 Å². The van der Waals surface area contributed by atoms with E-state index in [1.165, 1.54) is 0 Å². The van der Waals surface area contributed by atoms with Gasteiger partial charge in [0.05, 0.1) is 0 Å². The standard InChI is InChI=1S/C10H18ClN3O2S/c1-4-5-6-14-9(7-8(2)3)12-13-10(14)17(11,15)16/h8H,4-7H2,1-3H3. The zero-order valence-electron chi connectivity index (χ0n) is 10.4. The predicted molar refractivity (Wildman–Crippen MR) is 66.5 cm³/mol. The minimum atomic E-state index is -3.82. The predicted octanol–water partition coefficient (Wildman–Crippen LogP) is 2.20. The molecule has 0 bridgehead atoms. The summed E-state index contributed by atoms with van der Waals surface area (Å²) >= 11 is 0. The van der Waals surface area contributed by atoms with E-state index in [-0.39, 0.29) is 5.16 Å². The topological polar surface area (TPSA) is 64.8 Å². The van der Waals surface area contributed by atoms with E-state index in [4.69, 9.17) is 10.7 Å². The van der Waals surface area contributed by atoms with E-state index >= 15 is 0 Å². The molecule has 1 aromatic rings. The van der Waals surface area contributed by atoms with Crippen LogP contribution in [0.15, 0.2) is 5.16 Å². The Labute approximate surface area is 107 Å². The van der Waals surface area contributed by atoms with Crippen LogP contribution in [0.5, 0.6) is 0 Å². The number of unbranched alkanes of at least 4 members (excludes halogenated alkanes) is 1. The van der Waals surface area contributed by atoms with Gasteiger partial charge >= 0.3 is 0 Å². The molecule has 1 heterocycles. The van der Waals surface area contributed by atoms with Gasteiger partial charge in [0.15, 0.2) is 0 Å². The number of nitrogens with zero attached hydrogens (tertiary/aromatic N) is 3. The molecular formula is C10H18ClN3O2S. The summed E-state index contributed by atoms with van der Waals surface area (Å²) in [5.74, 6) is 1.08. The number of halogens is 1. The molecule has 5 nitrogen and oxygen atoms in total. The summed E-state index contributed by atoms with van der Waals surface area (Å²) in [5, 5.41) is 7.48. The highest BCUT2D eigenvalue weighted by atomic mass is 35.7. The number of hydrogen-bond donors (Lipinski definition) is 0. The zero-order valence-corrected chi connectivity index (χ0v) is 11.9. The maximum Gasteiger partial charge on any atom is 0.296 e. The van der Waals surface area contributed by atoms with Crippen molar-refractivity contribution in [3.05, 3.63) is 5.82 Å². The summed E-state index contributed by atoms with van der Waals surface area (Å²) in [4.78, 5) is 0. The van der Waals surface area contributed by atoms with Gasteiger partial charge in [0.1, 0.15) is 5.82 Å². The zero-order chi connectivity index (χ0) is 13.1. The molecule has 0 aliphatic carbocycles. The van der Waals surface area contributed by atoms with Gasteiger partial charge in [-0.15, -0.1) is 10.2 Å². The largest absolute Gasteiger partial charge is 0.301 e. The van der Waals surface area contributed by atoms with Crippen LogP contribution in [0.2, 0.25) is 0 Å². The van der Waals surface area contributed by atoms with Gasteiger partial charge in [-0.3, -0.25) is 0 Å². The van der Waals surface area contributed by atoms with Gasteiger partial charge in [-0.25, -0.2) is 8.42 Å². The van der Waals surface area contributed by atoms with Crippen molar-refractivity contribution >= 4 is 19.7 Å². The van der Waals surface area contributed by atoms with Gasteiger partial charge in [0, 0.05) is 23.6 Å². The van der Waals surface area contributed by atoms with Crippen LogP contribution >= 0.6 is 10.7 Å². The van der Waals surface area contributed by atoms with Gasteiger partial charge in [-0.1, -0.05) is 27.2 Å². The molecule has 0 N–H and O–H groups in total. The lowest BCUT2D eigenvalue weighted by molar-refractivity contribution is 0.518. The van der Waals surface area contributed by atoms with Crippen LogP contribution in [0, 0.1) is 5.92 Å². The lowest BCUT2D eigenvalue weighted by Gasteiger charge is -2.09. The second-order valence-electron chi connectivity index (χ2n) is 4.44. The third-order valence-corrected chi connectivity index (χ3v) is 3.49. The fraction of sp³-hybridized carbons (Fsp3) is 0.800. The SMILES string of the molecule is CCCCn1c(CC(C)C)nnc1S(=O)(=O)Cl. The van der Waals surface area contributed by atoms with Crippen molar-refractivity contribution in [1.29, 1.82) is 0 Å². The van der Waals surface area contributed by atoms with Gasteiger partial charge in [-0.05, 0) is 12.3 Å². The van der Waals surface area contributed by atoms with Crippen molar-refractivity contribution in [3.63, 3.8) is 0 Å². The average molecular weight is 280 g/mol. The smallest absolute Gasteiger partial charge is 0.296 e. The Morgan fingerprint density at radius 1 is 1.35 bits per heavy atom. The second kappa shape index (κ2) is 5.82. The van der Waals surface area contributed by atoms with E-state index in [9.17, 15) is 8.42 Å². The molecule has 0 spiro atoms. The molecule has 0 radical (unpaired) electrons. The van der Waals surface area contributed by atoms with E-state index in [1.807, 2.05) is 20.8 Å². The molecule has 0 atom stereocenters. The molecule has 0 saturated carbocycles. The molecule has 1 aromatic heterocycles. The lowest BCUT2D eigenvalue weighted by Crippen LogP contribution is -2.11. The quantitative estimate of drug-likeness (QED) is 0.749. The lowest BCUT2D eigenvalue weighted by atomic mass is 10.1. The Balaban J connectivity index is 3.10. The number of aromatic nitrogens is 3. The summed E-state index contributed by atoms with van der Waals surface area (Å²) in [6.07, 6.45) is 2.55. The third-order valence-electron chi connectivity index (χ3n) is 2.34. The molecule has 98 valence electrons. The first kappa shape index (κ1) is 14.4. The van der Waals surface area contributed by atoms with Crippen LogP contribution in [-0.4, -0.2) is 23.2 Å². The molecule has 17 heavy (non-hydrogen) atoms. The van der Waals surface area contributed by atoms with Crippen molar-refractivity contribution in [2.45, 2.75) is 51.7 Å². The van der Waals surface area contributed by atoms with Crippen molar-refractivity contribution in [2.75, 3.05) is 0 Å². The van der Waals surface area contributed by atoms with E-state index in [1.54, 1.807) is 4.57 Å². The minimum Gasteiger partial charge on any atom is -0.301 e. The molecule has 0 amide bonds. The van der Waals surface area contributed by atoms with Crippen LogP contribution in [0.3, 0.4) is 0 Å². The summed E-state index contributed by atoms with van der Waals surface area (Å²) in [6, 6.07) is 0. The molecular weight excluding hydrogens is 262 g/mol. The monoisotopic (exact) mass is 279 g/mol. The van der Waals surface area contributed by atoms with Crippen molar-refractivity contribution in [1.82, 2.24) is 14.8 Å². The van der Waals surface area contributed by atoms with E-state index in [0.29, 0.717) is 24.7 Å². The second-order valence-corrected chi connectivity index (χ2v) is 6.90. The number of rotatable bonds is 6. The molecule has 0 aliphatic rings. The van der Waals surface area contributed by atoms with Crippen molar-refractivity contribution < 1.29 is 8.42 Å². The first-order chi connectivity index (χ1) is 7.86. The van der Waals surface area contributed by atoms with Crippen LogP contribution in [0.25, 0.3) is 0 Å². The maximum atomic E-state index is 11.4. The summed E-state index contributed by atoms with van der Waals surface area (Å²) in [5.41, 5.74) is 0. The van der Waals surface area contributed by atoms with Gasteiger partial charge in [-0.2, -0.15) is 0 Å². The highest BCUT2D eigenvalue weighted by Gasteiger charge is 2.22. The molecule has 0 fully saturated rings. The molecule has 0 unspecified atom stereocenters. The summed E-state index contributed by atoms with van der Waals surface area (Å²) < 4.78 is 24.3. The fourth-order valence-electron chi connectivity index (χ4n) is 1.56. The molecule has 0 saturated heterocycles. The maximum absolute atomic E-state index is 11.4. The normalized spacial score (nSPS) is 12.3. The Hall–Kier alpha value is -0.620. The van der Waals surface area contributed by atoms with E-state index in [2.05, 4.69) is 10.2 Å². The molecule has 0 aliphatic heterocycles. The average Bonchev–Trinajstić information content (AvgIpc) is 2.56.